The Hall–Kier alpha value is -1.14. The van der Waals surface area contributed by atoms with Crippen LogP contribution >= 0.6 is 27.3 Å². The van der Waals surface area contributed by atoms with Crippen LogP contribution in [0, 0.1) is 0 Å². The Morgan fingerprint density at radius 3 is 2.89 bits per heavy atom. The Morgan fingerprint density at radius 2 is 2.22 bits per heavy atom. The highest BCUT2D eigenvalue weighted by molar-refractivity contribution is 9.10. The van der Waals surface area contributed by atoms with Crippen LogP contribution in [-0.2, 0) is 0 Å². The lowest BCUT2D eigenvalue weighted by Crippen LogP contribution is -2.26. The molecule has 1 saturated heterocycles. The zero-order chi connectivity index (χ0) is 12.9. The van der Waals surface area contributed by atoms with Gasteiger partial charge in [-0.3, -0.25) is 0 Å². The molecule has 6 heteroatoms. The molecule has 2 amide bonds. The summed E-state index contributed by atoms with van der Waals surface area (Å²) in [5.41, 5.74) is 0.994. The summed E-state index contributed by atoms with van der Waals surface area (Å²) in [4.78, 5) is 19.9. The summed E-state index contributed by atoms with van der Waals surface area (Å²) in [5.74, 6) is 0. The van der Waals surface area contributed by atoms with Crippen molar-refractivity contribution >= 4 is 43.5 Å². The maximum Gasteiger partial charge on any atom is 0.320 e. The fourth-order valence-electron chi connectivity index (χ4n) is 2.17. The second-order valence-corrected chi connectivity index (χ2v) is 6.43. The molecular weight excluding hydrogens is 314 g/mol. The largest absolute Gasteiger partial charge is 0.325 e. The molecule has 0 aliphatic carbocycles. The standard InChI is InChI=1S/C12H12BrN3OS/c1-15-6-9(16(2)12(15)17)11-14-8-4-3-7(13)5-10(8)18-11/h3-5,9H,6H2,1-2H3. The van der Waals surface area contributed by atoms with Crippen LogP contribution in [0.15, 0.2) is 22.7 Å². The monoisotopic (exact) mass is 325 g/mol. The molecule has 0 spiro atoms. The van der Waals surface area contributed by atoms with Crippen molar-refractivity contribution in [2.75, 3.05) is 20.6 Å². The van der Waals surface area contributed by atoms with Crippen molar-refractivity contribution in [1.82, 2.24) is 14.8 Å². The molecule has 0 N–H and O–H groups in total. The SMILES string of the molecule is CN1CC(c2nc3ccc(Br)cc3s2)N(C)C1=O. The van der Waals surface area contributed by atoms with Crippen LogP contribution in [0.4, 0.5) is 4.79 Å². The second kappa shape index (κ2) is 4.20. The minimum absolute atomic E-state index is 0.0560. The van der Waals surface area contributed by atoms with Crippen LogP contribution in [0.5, 0.6) is 0 Å². The van der Waals surface area contributed by atoms with Crippen LogP contribution in [-0.4, -0.2) is 41.5 Å². The van der Waals surface area contributed by atoms with E-state index < -0.39 is 0 Å². The summed E-state index contributed by atoms with van der Waals surface area (Å²) in [6.45, 7) is 0.705. The van der Waals surface area contributed by atoms with Crippen LogP contribution in [0.25, 0.3) is 10.2 Å². The molecule has 1 unspecified atom stereocenters. The fourth-order valence-corrected chi connectivity index (χ4v) is 3.82. The normalized spacial score (nSPS) is 20.2. The third-order valence-electron chi connectivity index (χ3n) is 3.19. The van der Waals surface area contributed by atoms with Gasteiger partial charge in [0.2, 0.25) is 0 Å². The van der Waals surface area contributed by atoms with Gasteiger partial charge in [-0.2, -0.15) is 0 Å². The number of carbonyl (C=O) groups excluding carboxylic acids is 1. The van der Waals surface area contributed by atoms with Crippen molar-refractivity contribution in [3.63, 3.8) is 0 Å². The van der Waals surface area contributed by atoms with E-state index >= 15 is 0 Å². The van der Waals surface area contributed by atoms with E-state index in [1.54, 1.807) is 21.1 Å². The number of carbonyl (C=O) groups is 1. The second-order valence-electron chi connectivity index (χ2n) is 4.45. The van der Waals surface area contributed by atoms with Crippen LogP contribution in [0.3, 0.4) is 0 Å². The Kier molecular flexibility index (Phi) is 2.79. The first-order valence-corrected chi connectivity index (χ1v) is 7.21. The minimum Gasteiger partial charge on any atom is -0.325 e. The van der Waals surface area contributed by atoms with Gasteiger partial charge in [-0.05, 0) is 18.2 Å². The predicted octanol–water partition coefficient (Wildman–Crippen LogP) is 3.10. The van der Waals surface area contributed by atoms with Crippen molar-refractivity contribution in [2.24, 2.45) is 0 Å². The number of halogens is 1. The van der Waals surface area contributed by atoms with E-state index in [0.717, 1.165) is 19.7 Å². The number of amides is 2. The number of likely N-dealkylation sites (N-methyl/N-ethyl adjacent to an activating group) is 2. The number of fused-ring (bicyclic) bond motifs is 1. The van der Waals surface area contributed by atoms with E-state index in [1.807, 2.05) is 26.2 Å². The van der Waals surface area contributed by atoms with E-state index in [-0.39, 0.29) is 12.1 Å². The Bertz CT molecular complexity index is 627. The molecule has 0 saturated carbocycles. The lowest BCUT2D eigenvalue weighted by atomic mass is 10.3. The topological polar surface area (TPSA) is 36.4 Å². The summed E-state index contributed by atoms with van der Waals surface area (Å²) < 4.78 is 2.20. The Balaban J connectivity index is 2.02. The highest BCUT2D eigenvalue weighted by Crippen LogP contribution is 2.34. The van der Waals surface area contributed by atoms with Crippen molar-refractivity contribution in [3.05, 3.63) is 27.7 Å². The molecule has 3 rings (SSSR count). The summed E-state index contributed by atoms with van der Waals surface area (Å²) in [5, 5.41) is 1.00. The number of rotatable bonds is 1. The first-order valence-electron chi connectivity index (χ1n) is 5.60. The first-order chi connectivity index (χ1) is 8.56. The van der Waals surface area contributed by atoms with Gasteiger partial charge in [-0.15, -0.1) is 11.3 Å². The third kappa shape index (κ3) is 1.80. The van der Waals surface area contributed by atoms with Gasteiger partial charge in [0.15, 0.2) is 0 Å². The smallest absolute Gasteiger partial charge is 0.320 e. The maximum atomic E-state index is 11.8. The fraction of sp³-hybridized carbons (Fsp3) is 0.333. The van der Waals surface area contributed by atoms with Gasteiger partial charge in [0, 0.05) is 25.1 Å². The molecule has 2 aromatic rings. The van der Waals surface area contributed by atoms with Crippen molar-refractivity contribution in [2.45, 2.75) is 6.04 Å². The molecule has 0 radical (unpaired) electrons. The van der Waals surface area contributed by atoms with Crippen LogP contribution in [0.2, 0.25) is 0 Å². The minimum atomic E-state index is 0.0560. The van der Waals surface area contributed by atoms with Gasteiger partial charge in [-0.25, -0.2) is 9.78 Å². The number of urea groups is 1. The lowest BCUT2D eigenvalue weighted by molar-refractivity contribution is 0.201. The number of thiazole rings is 1. The molecule has 1 aromatic carbocycles. The third-order valence-corrected chi connectivity index (χ3v) is 4.81. The van der Waals surface area contributed by atoms with E-state index in [4.69, 9.17) is 0 Å². The van der Waals surface area contributed by atoms with Gasteiger partial charge in [0.1, 0.15) is 11.0 Å². The summed E-state index contributed by atoms with van der Waals surface area (Å²) in [7, 11) is 3.65. The molecule has 1 fully saturated rings. The van der Waals surface area contributed by atoms with Crippen LogP contribution in [0.1, 0.15) is 11.0 Å². The quantitative estimate of drug-likeness (QED) is 0.807. The molecule has 18 heavy (non-hydrogen) atoms. The van der Waals surface area contributed by atoms with Gasteiger partial charge in [0.25, 0.3) is 0 Å². The molecule has 1 aliphatic rings. The predicted molar refractivity (Wildman–Crippen MR) is 75.9 cm³/mol. The number of aromatic nitrogens is 1. The van der Waals surface area contributed by atoms with E-state index in [1.165, 1.54) is 0 Å². The maximum absolute atomic E-state index is 11.8. The van der Waals surface area contributed by atoms with Gasteiger partial charge in [-0.1, -0.05) is 15.9 Å². The molecule has 0 bridgehead atoms. The number of nitrogens with zero attached hydrogens (tertiary/aromatic N) is 3. The number of hydrogen-bond donors (Lipinski definition) is 0. The van der Waals surface area contributed by atoms with E-state index in [9.17, 15) is 4.79 Å². The molecule has 1 aromatic heterocycles. The highest BCUT2D eigenvalue weighted by Gasteiger charge is 2.35. The summed E-state index contributed by atoms with van der Waals surface area (Å²) in [6.07, 6.45) is 0. The molecule has 1 atom stereocenters. The lowest BCUT2D eigenvalue weighted by Gasteiger charge is -2.14. The Labute approximate surface area is 117 Å². The van der Waals surface area contributed by atoms with Crippen LogP contribution < -0.4 is 0 Å². The number of benzene rings is 1. The molecule has 4 nitrogen and oxygen atoms in total. The Morgan fingerprint density at radius 1 is 1.44 bits per heavy atom. The molecule has 1 aliphatic heterocycles. The average Bonchev–Trinajstić information content (AvgIpc) is 2.85. The molecule has 94 valence electrons. The summed E-state index contributed by atoms with van der Waals surface area (Å²) >= 11 is 5.12. The van der Waals surface area contributed by atoms with Crippen molar-refractivity contribution < 1.29 is 4.79 Å². The molecule has 2 heterocycles. The van der Waals surface area contributed by atoms with Crippen molar-refractivity contribution in [1.29, 1.82) is 0 Å². The number of hydrogen-bond acceptors (Lipinski definition) is 3. The van der Waals surface area contributed by atoms with Gasteiger partial charge < -0.3 is 9.80 Å². The zero-order valence-corrected chi connectivity index (χ0v) is 12.5. The average molecular weight is 326 g/mol. The highest BCUT2D eigenvalue weighted by atomic mass is 79.9. The first kappa shape index (κ1) is 11.9. The van der Waals surface area contributed by atoms with E-state index in [0.29, 0.717) is 6.54 Å². The van der Waals surface area contributed by atoms with E-state index in [2.05, 4.69) is 27.0 Å². The molecular formula is C12H12BrN3OS. The van der Waals surface area contributed by atoms with Gasteiger partial charge in [0.05, 0.1) is 10.2 Å². The summed E-state index contributed by atoms with van der Waals surface area (Å²) in [6, 6.07) is 6.18. The van der Waals surface area contributed by atoms with Gasteiger partial charge >= 0.3 is 6.03 Å². The zero-order valence-electron chi connectivity index (χ0n) is 10.1. The van der Waals surface area contributed by atoms with Crippen molar-refractivity contribution in [3.8, 4) is 0 Å².